The van der Waals surface area contributed by atoms with Gasteiger partial charge in [0.2, 0.25) is 0 Å². The van der Waals surface area contributed by atoms with E-state index in [0.717, 1.165) is 12.1 Å². The summed E-state index contributed by atoms with van der Waals surface area (Å²) in [5.41, 5.74) is 0.835. The molecule has 0 radical (unpaired) electrons. The number of nitrogens with zero attached hydrogens (tertiary/aromatic N) is 5. The van der Waals surface area contributed by atoms with Crippen molar-refractivity contribution >= 4 is 32.9 Å². The number of nitrogens with one attached hydrogen (secondary N) is 2. The Labute approximate surface area is 176 Å². The Morgan fingerprint density at radius 1 is 0.968 bits per heavy atom. The normalized spacial score (nSPS) is 11.1. The van der Waals surface area contributed by atoms with Crippen molar-refractivity contribution in [2.75, 3.05) is 10.0 Å². The Morgan fingerprint density at radius 2 is 1.68 bits per heavy atom. The van der Waals surface area contributed by atoms with Gasteiger partial charge in [-0.25, -0.2) is 23.1 Å². The third-order valence-electron chi connectivity index (χ3n) is 4.16. The molecule has 4 aromatic rings. The van der Waals surface area contributed by atoms with Gasteiger partial charge in [-0.05, 0) is 42.5 Å². The second kappa shape index (κ2) is 8.20. The van der Waals surface area contributed by atoms with Crippen molar-refractivity contribution in [1.82, 2.24) is 19.7 Å². The predicted molar refractivity (Wildman–Crippen MR) is 113 cm³/mol. The number of anilines is 3. The molecule has 0 amide bonds. The smallest absolute Gasteiger partial charge is 0.269 e. The number of nitro groups is 1. The van der Waals surface area contributed by atoms with Crippen LogP contribution in [0, 0.1) is 10.1 Å². The minimum Gasteiger partial charge on any atom is -0.340 e. The number of nitro benzene ring substituents is 1. The largest absolute Gasteiger partial charge is 0.340 e. The lowest BCUT2D eigenvalue weighted by atomic mass is 10.3. The Kier molecular flexibility index (Phi) is 5.28. The average Bonchev–Trinajstić information content (AvgIpc) is 3.30. The molecule has 0 aliphatic rings. The van der Waals surface area contributed by atoms with Gasteiger partial charge in [0.25, 0.3) is 15.7 Å². The first-order valence-electron chi connectivity index (χ1n) is 8.87. The number of hydrogen-bond donors (Lipinski definition) is 2. The predicted octanol–water partition coefficient (Wildman–Crippen LogP) is 3.11. The van der Waals surface area contributed by atoms with Crippen molar-refractivity contribution in [1.29, 1.82) is 0 Å². The lowest BCUT2D eigenvalue weighted by molar-refractivity contribution is -0.384. The van der Waals surface area contributed by atoms with Gasteiger partial charge in [-0.15, -0.1) is 0 Å². The molecule has 0 aliphatic heterocycles. The van der Waals surface area contributed by atoms with Crippen molar-refractivity contribution in [2.45, 2.75) is 4.90 Å². The minimum atomic E-state index is -3.88. The molecule has 2 aromatic carbocycles. The standard InChI is InChI=1S/C19H15N7O4S/c27-26(28)16-6-8-17(9-7-16)31(29,30)24-15-4-2-14(3-5-15)23-18-12-19(21-13-20-18)25-11-1-10-22-25/h1-13,24H,(H,20,21,23). The molecule has 2 aromatic heterocycles. The molecule has 0 spiro atoms. The topological polar surface area (TPSA) is 145 Å². The molecule has 11 nitrogen and oxygen atoms in total. The van der Waals surface area contributed by atoms with Crippen LogP contribution in [0.4, 0.5) is 22.9 Å². The maximum absolute atomic E-state index is 12.5. The van der Waals surface area contributed by atoms with Crippen molar-refractivity contribution in [3.63, 3.8) is 0 Å². The zero-order chi connectivity index (χ0) is 21.8. The van der Waals surface area contributed by atoms with Gasteiger partial charge in [-0.3, -0.25) is 14.8 Å². The highest BCUT2D eigenvalue weighted by Gasteiger charge is 2.16. The monoisotopic (exact) mass is 437 g/mol. The maximum Gasteiger partial charge on any atom is 0.269 e. The highest BCUT2D eigenvalue weighted by Crippen LogP contribution is 2.22. The molecule has 31 heavy (non-hydrogen) atoms. The number of rotatable bonds is 7. The number of aromatic nitrogens is 4. The van der Waals surface area contributed by atoms with Crippen LogP contribution >= 0.6 is 0 Å². The summed E-state index contributed by atoms with van der Waals surface area (Å²) in [6.07, 6.45) is 4.82. The first kappa shape index (κ1) is 20.0. The number of sulfonamides is 1. The van der Waals surface area contributed by atoms with Gasteiger partial charge in [0.05, 0.1) is 9.82 Å². The highest BCUT2D eigenvalue weighted by molar-refractivity contribution is 7.92. The molecule has 0 fully saturated rings. The summed E-state index contributed by atoms with van der Waals surface area (Å²) in [7, 11) is -3.88. The summed E-state index contributed by atoms with van der Waals surface area (Å²) >= 11 is 0. The van der Waals surface area contributed by atoms with E-state index in [2.05, 4.69) is 25.1 Å². The molecular weight excluding hydrogens is 422 g/mol. The molecule has 12 heteroatoms. The van der Waals surface area contributed by atoms with Crippen molar-refractivity contribution in [2.24, 2.45) is 0 Å². The molecule has 0 atom stereocenters. The van der Waals surface area contributed by atoms with Crippen LogP contribution < -0.4 is 10.0 Å². The number of hydrogen-bond acceptors (Lipinski definition) is 8. The van der Waals surface area contributed by atoms with Crippen LogP contribution in [0.25, 0.3) is 5.82 Å². The lowest BCUT2D eigenvalue weighted by Crippen LogP contribution is -2.12. The molecule has 2 N–H and O–H groups in total. The SMILES string of the molecule is O=[N+]([O-])c1ccc(S(=O)(=O)Nc2ccc(Nc3cc(-n4cccn4)ncn3)cc2)cc1. The van der Waals surface area contributed by atoms with E-state index in [1.54, 1.807) is 53.5 Å². The Bertz CT molecular complexity index is 1310. The summed E-state index contributed by atoms with van der Waals surface area (Å²) in [6, 6.07) is 14.7. The van der Waals surface area contributed by atoms with Crippen molar-refractivity contribution in [3.8, 4) is 5.82 Å². The Balaban J connectivity index is 1.46. The van der Waals surface area contributed by atoms with Gasteiger partial charge < -0.3 is 5.32 Å². The fourth-order valence-electron chi connectivity index (χ4n) is 2.68. The lowest BCUT2D eigenvalue weighted by Gasteiger charge is -2.10. The minimum absolute atomic E-state index is 0.0764. The highest BCUT2D eigenvalue weighted by atomic mass is 32.2. The van der Waals surface area contributed by atoms with Crippen molar-refractivity contribution in [3.05, 3.63) is 89.5 Å². The maximum atomic E-state index is 12.5. The molecule has 0 aliphatic carbocycles. The van der Waals surface area contributed by atoms with Crippen LogP contribution in [-0.4, -0.2) is 33.1 Å². The number of benzene rings is 2. The van der Waals surface area contributed by atoms with Crippen LogP contribution in [0.15, 0.2) is 84.3 Å². The van der Waals surface area contributed by atoms with E-state index >= 15 is 0 Å². The van der Waals surface area contributed by atoms with E-state index in [9.17, 15) is 18.5 Å². The summed E-state index contributed by atoms with van der Waals surface area (Å²) in [6.45, 7) is 0. The van der Waals surface area contributed by atoms with E-state index in [4.69, 9.17) is 0 Å². The molecule has 156 valence electrons. The molecular formula is C19H15N7O4S. The quantitative estimate of drug-likeness (QED) is 0.331. The Morgan fingerprint density at radius 3 is 2.32 bits per heavy atom. The van der Waals surface area contributed by atoms with Gasteiger partial charge in [0.15, 0.2) is 5.82 Å². The molecule has 0 unspecified atom stereocenters. The number of non-ortho nitro benzene ring substituents is 1. The van der Waals surface area contributed by atoms with Gasteiger partial charge in [-0.1, -0.05) is 0 Å². The summed E-state index contributed by atoms with van der Waals surface area (Å²) in [4.78, 5) is 18.4. The molecule has 0 bridgehead atoms. The third kappa shape index (κ3) is 4.64. The van der Waals surface area contributed by atoms with E-state index in [1.807, 2.05) is 0 Å². The summed E-state index contributed by atoms with van der Waals surface area (Å²) < 4.78 is 29.0. The van der Waals surface area contributed by atoms with Crippen LogP contribution in [0.2, 0.25) is 0 Å². The van der Waals surface area contributed by atoms with Gasteiger partial charge in [0, 0.05) is 42.0 Å². The van der Waals surface area contributed by atoms with Crippen LogP contribution in [0.1, 0.15) is 0 Å². The third-order valence-corrected chi connectivity index (χ3v) is 5.56. The average molecular weight is 437 g/mol. The first-order valence-corrected chi connectivity index (χ1v) is 10.4. The summed E-state index contributed by atoms with van der Waals surface area (Å²) in [5.74, 6) is 1.13. The fraction of sp³-hybridized carbons (Fsp3) is 0. The molecule has 4 rings (SSSR count). The second-order valence-electron chi connectivity index (χ2n) is 6.27. The first-order chi connectivity index (χ1) is 14.9. The molecule has 0 saturated heterocycles. The zero-order valence-electron chi connectivity index (χ0n) is 15.8. The molecule has 2 heterocycles. The zero-order valence-corrected chi connectivity index (χ0v) is 16.6. The van der Waals surface area contributed by atoms with Gasteiger partial charge in [-0.2, -0.15) is 5.10 Å². The second-order valence-corrected chi connectivity index (χ2v) is 7.95. The van der Waals surface area contributed by atoms with Crippen LogP contribution in [0.3, 0.4) is 0 Å². The molecule has 0 saturated carbocycles. The fourth-order valence-corrected chi connectivity index (χ4v) is 3.73. The van der Waals surface area contributed by atoms with Crippen LogP contribution in [0.5, 0.6) is 0 Å². The van der Waals surface area contributed by atoms with Crippen molar-refractivity contribution < 1.29 is 13.3 Å². The van der Waals surface area contributed by atoms with E-state index in [0.29, 0.717) is 23.0 Å². The van der Waals surface area contributed by atoms with Gasteiger partial charge >= 0.3 is 0 Å². The van der Waals surface area contributed by atoms with E-state index < -0.39 is 14.9 Å². The van der Waals surface area contributed by atoms with Crippen LogP contribution in [-0.2, 0) is 10.0 Å². The van der Waals surface area contributed by atoms with E-state index in [1.165, 1.54) is 18.5 Å². The Hall–Kier alpha value is -4.32. The van der Waals surface area contributed by atoms with E-state index in [-0.39, 0.29) is 10.6 Å². The van der Waals surface area contributed by atoms with Gasteiger partial charge in [0.1, 0.15) is 12.1 Å². The summed E-state index contributed by atoms with van der Waals surface area (Å²) in [5, 5.41) is 17.9.